The van der Waals surface area contributed by atoms with Gasteiger partial charge in [-0.3, -0.25) is 0 Å². The lowest BCUT2D eigenvalue weighted by Crippen LogP contribution is -2.36. The number of nitrogens with zero attached hydrogens (tertiary/aromatic N) is 2. The van der Waals surface area contributed by atoms with E-state index in [0.29, 0.717) is 24.2 Å². The first-order valence-corrected chi connectivity index (χ1v) is 8.15. The van der Waals surface area contributed by atoms with E-state index in [2.05, 4.69) is 25.9 Å². The molecule has 0 aliphatic heterocycles. The van der Waals surface area contributed by atoms with E-state index in [4.69, 9.17) is 20.0 Å². The Balaban J connectivity index is 2.33. The van der Waals surface area contributed by atoms with Gasteiger partial charge in [0.05, 0.1) is 5.41 Å². The van der Waals surface area contributed by atoms with E-state index in [-0.39, 0.29) is 11.0 Å². The third-order valence-corrected chi connectivity index (χ3v) is 5.38. The van der Waals surface area contributed by atoms with Crippen molar-refractivity contribution in [3.63, 3.8) is 0 Å². The first kappa shape index (κ1) is 16.4. The third-order valence-electron chi connectivity index (χ3n) is 5.38. The van der Waals surface area contributed by atoms with Crippen LogP contribution in [0.4, 0.5) is 0 Å². The summed E-state index contributed by atoms with van der Waals surface area (Å²) in [5.74, 6) is 1.99. The minimum Gasteiger partial charge on any atom is -0.370 e. The van der Waals surface area contributed by atoms with Gasteiger partial charge in [0.2, 0.25) is 11.7 Å². The Bertz CT molecular complexity index is 448. The molecule has 2 rings (SSSR count). The molecule has 1 aromatic rings. The van der Waals surface area contributed by atoms with E-state index in [0.717, 1.165) is 32.1 Å². The van der Waals surface area contributed by atoms with Gasteiger partial charge in [0, 0.05) is 13.7 Å². The summed E-state index contributed by atoms with van der Waals surface area (Å²) in [4.78, 5) is 4.71. The van der Waals surface area contributed by atoms with E-state index in [9.17, 15) is 0 Å². The molecule has 0 radical (unpaired) electrons. The summed E-state index contributed by atoms with van der Waals surface area (Å²) in [5, 5.41) is 4.26. The highest BCUT2D eigenvalue weighted by Gasteiger charge is 2.43. The predicted molar refractivity (Wildman–Crippen MR) is 81.9 cm³/mol. The van der Waals surface area contributed by atoms with E-state index in [1.807, 2.05) is 0 Å². The van der Waals surface area contributed by atoms with E-state index >= 15 is 0 Å². The second kappa shape index (κ2) is 6.44. The quantitative estimate of drug-likeness (QED) is 0.872. The molecule has 1 aliphatic rings. The molecular formula is C16H29N3O2. The zero-order chi connectivity index (χ0) is 15.5. The molecule has 1 heterocycles. The molecule has 1 saturated carbocycles. The molecule has 1 aromatic heterocycles. The first-order chi connectivity index (χ1) is 10.1. The molecule has 0 bridgehead atoms. The maximum Gasteiger partial charge on any atom is 0.234 e. The van der Waals surface area contributed by atoms with Gasteiger partial charge in [-0.2, -0.15) is 4.98 Å². The second-order valence-corrected chi connectivity index (χ2v) is 6.51. The summed E-state index contributed by atoms with van der Waals surface area (Å²) >= 11 is 0. The Morgan fingerprint density at radius 3 is 2.67 bits per heavy atom. The topological polar surface area (TPSA) is 74.2 Å². The van der Waals surface area contributed by atoms with Crippen LogP contribution in [0.5, 0.6) is 0 Å². The highest BCUT2D eigenvalue weighted by Crippen LogP contribution is 2.42. The molecule has 5 nitrogen and oxygen atoms in total. The lowest BCUT2D eigenvalue weighted by molar-refractivity contribution is -0.0658. The number of rotatable bonds is 6. The Labute approximate surface area is 127 Å². The van der Waals surface area contributed by atoms with Crippen molar-refractivity contribution in [1.29, 1.82) is 0 Å². The minimum absolute atomic E-state index is 0.208. The Morgan fingerprint density at radius 1 is 1.43 bits per heavy atom. The third kappa shape index (κ3) is 2.86. The molecule has 2 unspecified atom stereocenters. The number of hydrogen-bond donors (Lipinski definition) is 1. The largest absolute Gasteiger partial charge is 0.370 e. The van der Waals surface area contributed by atoms with Crippen molar-refractivity contribution in [2.24, 2.45) is 11.7 Å². The lowest BCUT2D eigenvalue weighted by atomic mass is 9.78. The second-order valence-electron chi connectivity index (χ2n) is 6.51. The van der Waals surface area contributed by atoms with Crippen LogP contribution in [-0.2, 0) is 15.8 Å². The van der Waals surface area contributed by atoms with Gasteiger partial charge in [-0.1, -0.05) is 32.3 Å². The van der Waals surface area contributed by atoms with Crippen LogP contribution < -0.4 is 5.73 Å². The molecule has 2 atom stereocenters. The Hall–Kier alpha value is -0.940. The zero-order valence-corrected chi connectivity index (χ0v) is 13.8. The molecule has 0 amide bonds. The number of methoxy groups -OCH3 is 1. The molecule has 120 valence electrons. The molecule has 1 aliphatic carbocycles. The molecule has 0 saturated heterocycles. The van der Waals surface area contributed by atoms with E-state index in [1.54, 1.807) is 7.11 Å². The standard InChI is InChI=1S/C16H29N3O2/c1-5-15(6-2,11-17)14-18-13(19-21-14)16(20-4)9-7-8-12(3)10-16/h12H,5-11,17H2,1-4H3. The average Bonchev–Trinajstić information content (AvgIpc) is 3.00. The number of hydrogen-bond acceptors (Lipinski definition) is 5. The number of nitrogens with two attached hydrogens (primary N) is 1. The van der Waals surface area contributed by atoms with Crippen molar-refractivity contribution >= 4 is 0 Å². The van der Waals surface area contributed by atoms with E-state index < -0.39 is 0 Å². The van der Waals surface area contributed by atoms with Crippen LogP contribution in [0.1, 0.15) is 71.0 Å². The summed E-state index contributed by atoms with van der Waals surface area (Å²) in [6.07, 6.45) is 6.10. The van der Waals surface area contributed by atoms with E-state index in [1.165, 1.54) is 6.42 Å². The van der Waals surface area contributed by atoms with Crippen LogP contribution in [0, 0.1) is 5.92 Å². The summed E-state index contributed by atoms with van der Waals surface area (Å²) in [6, 6.07) is 0. The van der Waals surface area contributed by atoms with Crippen LogP contribution in [-0.4, -0.2) is 23.8 Å². The summed E-state index contributed by atoms with van der Waals surface area (Å²) in [5.41, 5.74) is 5.38. The van der Waals surface area contributed by atoms with Crippen LogP contribution in [0.2, 0.25) is 0 Å². The number of aromatic nitrogens is 2. The van der Waals surface area contributed by atoms with Crippen molar-refractivity contribution < 1.29 is 9.26 Å². The minimum atomic E-state index is -0.388. The normalized spacial score (nSPS) is 27.0. The van der Waals surface area contributed by atoms with Crippen molar-refractivity contribution in [3.8, 4) is 0 Å². The monoisotopic (exact) mass is 295 g/mol. The molecular weight excluding hydrogens is 266 g/mol. The smallest absolute Gasteiger partial charge is 0.234 e. The summed E-state index contributed by atoms with van der Waals surface area (Å²) < 4.78 is 11.4. The highest BCUT2D eigenvalue weighted by molar-refractivity contribution is 5.10. The van der Waals surface area contributed by atoms with Crippen LogP contribution >= 0.6 is 0 Å². The molecule has 0 aromatic carbocycles. The van der Waals surface area contributed by atoms with Gasteiger partial charge < -0.3 is 15.0 Å². The molecule has 0 spiro atoms. The van der Waals surface area contributed by atoms with Gasteiger partial charge in [-0.05, 0) is 38.0 Å². The molecule has 21 heavy (non-hydrogen) atoms. The Kier molecular flexibility index (Phi) is 5.04. The van der Waals surface area contributed by atoms with Gasteiger partial charge in [0.1, 0.15) is 5.60 Å². The van der Waals surface area contributed by atoms with Crippen molar-refractivity contribution in [1.82, 2.24) is 10.1 Å². The Morgan fingerprint density at radius 2 is 2.14 bits per heavy atom. The van der Waals surface area contributed by atoms with Gasteiger partial charge in [-0.25, -0.2) is 0 Å². The molecule has 1 fully saturated rings. The average molecular weight is 295 g/mol. The van der Waals surface area contributed by atoms with Crippen molar-refractivity contribution in [3.05, 3.63) is 11.7 Å². The fourth-order valence-electron chi connectivity index (χ4n) is 3.54. The molecule has 5 heteroatoms. The zero-order valence-electron chi connectivity index (χ0n) is 13.8. The first-order valence-electron chi connectivity index (χ1n) is 8.15. The van der Waals surface area contributed by atoms with Crippen molar-refractivity contribution in [2.75, 3.05) is 13.7 Å². The highest BCUT2D eigenvalue weighted by atomic mass is 16.5. The molecule has 2 N–H and O–H groups in total. The predicted octanol–water partition coefficient (Wildman–Crippen LogP) is 3.14. The summed E-state index contributed by atoms with van der Waals surface area (Å²) in [6.45, 7) is 7.03. The SMILES string of the molecule is CCC(CC)(CN)c1nc(C2(OC)CCCC(C)C2)no1. The van der Waals surface area contributed by atoms with Gasteiger partial charge in [-0.15, -0.1) is 0 Å². The number of ether oxygens (including phenoxy) is 1. The van der Waals surface area contributed by atoms with Crippen LogP contribution in [0.25, 0.3) is 0 Å². The van der Waals surface area contributed by atoms with Crippen LogP contribution in [0.15, 0.2) is 4.52 Å². The fourth-order valence-corrected chi connectivity index (χ4v) is 3.54. The lowest BCUT2D eigenvalue weighted by Gasteiger charge is -2.36. The maximum atomic E-state index is 5.98. The maximum absolute atomic E-state index is 5.98. The summed E-state index contributed by atoms with van der Waals surface area (Å²) in [7, 11) is 1.75. The van der Waals surface area contributed by atoms with Gasteiger partial charge in [0.25, 0.3) is 0 Å². The van der Waals surface area contributed by atoms with Gasteiger partial charge in [0.15, 0.2) is 0 Å². The fraction of sp³-hybridized carbons (Fsp3) is 0.875. The van der Waals surface area contributed by atoms with Gasteiger partial charge >= 0.3 is 0 Å². The van der Waals surface area contributed by atoms with Crippen molar-refractivity contribution in [2.45, 2.75) is 70.3 Å². The van der Waals surface area contributed by atoms with Crippen LogP contribution in [0.3, 0.4) is 0 Å².